The van der Waals surface area contributed by atoms with Crippen LogP contribution in [-0.4, -0.2) is 49.9 Å². The number of nitrogens with one attached hydrogen (secondary N) is 1. The summed E-state index contributed by atoms with van der Waals surface area (Å²) >= 11 is 0. The Labute approximate surface area is 127 Å². The first-order valence-corrected chi connectivity index (χ1v) is 7.27. The van der Waals surface area contributed by atoms with Crippen molar-refractivity contribution >= 4 is 5.91 Å². The second kappa shape index (κ2) is 6.61. The average molecular weight is 302 g/mol. The fraction of sp³-hybridized carbons (Fsp3) is 0.500. The highest BCUT2D eigenvalue weighted by Crippen LogP contribution is 2.20. The Morgan fingerprint density at radius 1 is 1.23 bits per heavy atom. The summed E-state index contributed by atoms with van der Waals surface area (Å²) in [5, 5.41) is 10.4. The number of amides is 1. The van der Waals surface area contributed by atoms with Gasteiger partial charge in [-0.15, -0.1) is 10.2 Å². The van der Waals surface area contributed by atoms with E-state index in [0.717, 1.165) is 25.7 Å². The first kappa shape index (κ1) is 14.6. The zero-order chi connectivity index (χ0) is 15.4. The van der Waals surface area contributed by atoms with Gasteiger partial charge in [-0.25, -0.2) is 4.98 Å². The van der Waals surface area contributed by atoms with E-state index in [4.69, 9.17) is 4.74 Å². The summed E-state index contributed by atoms with van der Waals surface area (Å²) in [6, 6.07) is 0.166. The molecule has 1 aliphatic carbocycles. The van der Waals surface area contributed by atoms with E-state index in [1.807, 2.05) is 0 Å². The summed E-state index contributed by atoms with van der Waals surface area (Å²) in [7, 11) is 1.73. The van der Waals surface area contributed by atoms with Crippen LogP contribution < -0.4 is 5.32 Å². The summed E-state index contributed by atoms with van der Waals surface area (Å²) in [5.41, 5.74) is 0.292. The number of nitrogens with zero attached hydrogens (tertiary/aromatic N) is 5. The van der Waals surface area contributed by atoms with Crippen molar-refractivity contribution in [1.82, 2.24) is 30.0 Å². The van der Waals surface area contributed by atoms with Crippen molar-refractivity contribution in [2.45, 2.75) is 37.8 Å². The molecule has 0 atom stereocenters. The van der Waals surface area contributed by atoms with Crippen LogP contribution in [0.3, 0.4) is 0 Å². The van der Waals surface area contributed by atoms with Crippen LogP contribution in [0.1, 0.15) is 36.2 Å². The van der Waals surface area contributed by atoms with Crippen LogP contribution in [0.15, 0.2) is 25.0 Å². The zero-order valence-corrected chi connectivity index (χ0v) is 12.3. The molecule has 8 nitrogen and oxygen atoms in total. The standard InChI is InChI=1S/C14H18N6O2/c1-22-11-4-2-10(3-5-11)18-14(21)12-6-15-7-13(19-12)20-8-16-17-9-20/h6-11H,2-5H2,1H3,(H,18,21). The summed E-state index contributed by atoms with van der Waals surface area (Å²) in [4.78, 5) is 20.7. The van der Waals surface area contributed by atoms with Gasteiger partial charge in [0.2, 0.25) is 0 Å². The highest BCUT2D eigenvalue weighted by Gasteiger charge is 2.23. The van der Waals surface area contributed by atoms with Gasteiger partial charge in [0, 0.05) is 13.2 Å². The molecule has 0 unspecified atom stereocenters. The van der Waals surface area contributed by atoms with Gasteiger partial charge in [0.25, 0.3) is 5.91 Å². The molecule has 0 radical (unpaired) electrons. The maximum absolute atomic E-state index is 12.3. The molecule has 0 bridgehead atoms. The summed E-state index contributed by atoms with van der Waals surface area (Å²) in [5.74, 6) is 0.309. The number of methoxy groups -OCH3 is 1. The first-order chi connectivity index (χ1) is 10.8. The van der Waals surface area contributed by atoms with Gasteiger partial charge in [0.15, 0.2) is 5.82 Å². The number of ether oxygens (including phenoxy) is 1. The number of rotatable bonds is 4. The maximum atomic E-state index is 12.3. The Hall–Kier alpha value is -2.35. The normalized spacial score (nSPS) is 21.5. The smallest absolute Gasteiger partial charge is 0.271 e. The molecule has 0 spiro atoms. The summed E-state index contributed by atoms with van der Waals surface area (Å²) in [6.45, 7) is 0. The molecule has 22 heavy (non-hydrogen) atoms. The van der Waals surface area contributed by atoms with Crippen molar-refractivity contribution in [2.24, 2.45) is 0 Å². The Bertz CT molecular complexity index is 622. The zero-order valence-electron chi connectivity index (χ0n) is 12.3. The lowest BCUT2D eigenvalue weighted by Gasteiger charge is -2.28. The topological polar surface area (TPSA) is 94.8 Å². The highest BCUT2D eigenvalue weighted by molar-refractivity contribution is 5.92. The van der Waals surface area contributed by atoms with Gasteiger partial charge in [-0.3, -0.25) is 14.3 Å². The van der Waals surface area contributed by atoms with E-state index in [2.05, 4.69) is 25.5 Å². The number of hydrogen-bond donors (Lipinski definition) is 1. The average Bonchev–Trinajstić information content (AvgIpc) is 3.10. The van der Waals surface area contributed by atoms with Crippen LogP contribution in [-0.2, 0) is 4.74 Å². The lowest BCUT2D eigenvalue weighted by Crippen LogP contribution is -2.39. The van der Waals surface area contributed by atoms with E-state index < -0.39 is 0 Å². The SMILES string of the molecule is COC1CCC(NC(=O)c2cncc(-n3cnnc3)n2)CC1. The molecule has 1 amide bonds. The molecular weight excluding hydrogens is 284 g/mol. The van der Waals surface area contributed by atoms with E-state index in [9.17, 15) is 4.79 Å². The predicted octanol–water partition coefficient (Wildman–Crippen LogP) is 0.745. The highest BCUT2D eigenvalue weighted by atomic mass is 16.5. The van der Waals surface area contributed by atoms with Crippen molar-refractivity contribution < 1.29 is 9.53 Å². The Morgan fingerprint density at radius 2 is 1.95 bits per heavy atom. The minimum Gasteiger partial charge on any atom is -0.381 e. The molecule has 0 saturated heterocycles. The number of aromatic nitrogens is 5. The molecule has 1 N–H and O–H groups in total. The fourth-order valence-corrected chi connectivity index (χ4v) is 2.61. The second-order valence-electron chi connectivity index (χ2n) is 5.31. The van der Waals surface area contributed by atoms with Crippen LogP contribution in [0.25, 0.3) is 5.82 Å². The molecule has 1 aliphatic rings. The van der Waals surface area contributed by atoms with Crippen LogP contribution in [0.4, 0.5) is 0 Å². The van der Waals surface area contributed by atoms with Gasteiger partial charge < -0.3 is 10.1 Å². The van der Waals surface area contributed by atoms with E-state index >= 15 is 0 Å². The van der Waals surface area contributed by atoms with Crippen molar-refractivity contribution in [2.75, 3.05) is 7.11 Å². The van der Waals surface area contributed by atoms with Crippen molar-refractivity contribution in [3.05, 3.63) is 30.7 Å². The Balaban J connectivity index is 1.64. The molecule has 8 heteroatoms. The maximum Gasteiger partial charge on any atom is 0.271 e. The van der Waals surface area contributed by atoms with Gasteiger partial charge >= 0.3 is 0 Å². The lowest BCUT2D eigenvalue weighted by atomic mass is 9.93. The molecule has 2 aromatic heterocycles. The number of carbonyl (C=O) groups excluding carboxylic acids is 1. The second-order valence-corrected chi connectivity index (χ2v) is 5.31. The van der Waals surface area contributed by atoms with Crippen molar-refractivity contribution in [1.29, 1.82) is 0 Å². The Morgan fingerprint density at radius 3 is 2.64 bits per heavy atom. The number of hydrogen-bond acceptors (Lipinski definition) is 6. The van der Waals surface area contributed by atoms with Gasteiger partial charge in [-0.05, 0) is 25.7 Å². The third-order valence-corrected chi connectivity index (χ3v) is 3.88. The van der Waals surface area contributed by atoms with Crippen LogP contribution in [0.5, 0.6) is 0 Å². The van der Waals surface area contributed by atoms with Crippen LogP contribution >= 0.6 is 0 Å². The lowest BCUT2D eigenvalue weighted by molar-refractivity contribution is 0.0598. The van der Waals surface area contributed by atoms with Crippen LogP contribution in [0, 0.1) is 0 Å². The summed E-state index contributed by atoms with van der Waals surface area (Å²) < 4.78 is 6.94. The van der Waals surface area contributed by atoms with Crippen molar-refractivity contribution in [3.63, 3.8) is 0 Å². The predicted molar refractivity (Wildman–Crippen MR) is 77.5 cm³/mol. The molecule has 1 fully saturated rings. The fourth-order valence-electron chi connectivity index (χ4n) is 2.61. The first-order valence-electron chi connectivity index (χ1n) is 7.27. The van der Waals surface area contributed by atoms with Gasteiger partial charge in [0.1, 0.15) is 18.3 Å². The third-order valence-electron chi connectivity index (χ3n) is 3.88. The minimum atomic E-state index is -0.205. The minimum absolute atomic E-state index is 0.166. The molecule has 2 aromatic rings. The van der Waals surface area contributed by atoms with E-state index in [-0.39, 0.29) is 11.9 Å². The quantitative estimate of drug-likeness (QED) is 0.895. The van der Waals surface area contributed by atoms with Gasteiger partial charge in [-0.1, -0.05) is 0 Å². The molecule has 116 valence electrons. The van der Waals surface area contributed by atoms with Gasteiger partial charge in [-0.2, -0.15) is 0 Å². The van der Waals surface area contributed by atoms with Gasteiger partial charge in [0.05, 0.1) is 18.5 Å². The molecule has 0 aliphatic heterocycles. The molecular formula is C14H18N6O2. The molecule has 0 aromatic carbocycles. The molecule has 3 rings (SSSR count). The van der Waals surface area contributed by atoms with Crippen LogP contribution in [0.2, 0.25) is 0 Å². The molecule has 2 heterocycles. The Kier molecular flexibility index (Phi) is 4.38. The number of carbonyl (C=O) groups is 1. The van der Waals surface area contributed by atoms with E-state index in [0.29, 0.717) is 17.6 Å². The largest absolute Gasteiger partial charge is 0.381 e. The third kappa shape index (κ3) is 3.28. The van der Waals surface area contributed by atoms with E-state index in [1.54, 1.807) is 17.9 Å². The molecule has 1 saturated carbocycles. The monoisotopic (exact) mass is 302 g/mol. The summed E-state index contributed by atoms with van der Waals surface area (Å²) in [6.07, 6.45) is 10.1. The van der Waals surface area contributed by atoms with E-state index in [1.165, 1.54) is 18.9 Å². The van der Waals surface area contributed by atoms with Crippen molar-refractivity contribution in [3.8, 4) is 5.82 Å².